The average molecular weight is 205 g/mol. The molecule has 0 amide bonds. The molecule has 0 saturated heterocycles. The summed E-state index contributed by atoms with van der Waals surface area (Å²) in [7, 11) is 0. The van der Waals surface area contributed by atoms with Crippen LogP contribution in [0.1, 0.15) is 18.4 Å². The van der Waals surface area contributed by atoms with E-state index in [0.717, 1.165) is 12.1 Å². The maximum Gasteiger partial charge on any atom is 0.148 e. The summed E-state index contributed by atoms with van der Waals surface area (Å²) in [5.41, 5.74) is -1.21. The molecule has 0 aromatic heterocycles. The highest BCUT2D eigenvalue weighted by molar-refractivity contribution is 6.30. The summed E-state index contributed by atoms with van der Waals surface area (Å²) < 4.78 is 26.1. The van der Waals surface area contributed by atoms with Gasteiger partial charge >= 0.3 is 0 Å². The molecule has 0 bridgehead atoms. The maximum atomic E-state index is 13.3. The molecular weight excluding hydrogens is 198 g/mol. The average Bonchev–Trinajstić information content (AvgIpc) is 2.77. The second-order valence-corrected chi connectivity index (χ2v) is 3.69. The minimum Gasteiger partial charge on any atom is -0.385 e. The first-order chi connectivity index (χ1) is 6.03. The third-order valence-corrected chi connectivity index (χ3v) is 2.49. The summed E-state index contributed by atoms with van der Waals surface area (Å²) in [5, 5.41) is 9.28. The van der Waals surface area contributed by atoms with Crippen molar-refractivity contribution >= 4 is 11.6 Å². The fourth-order valence-electron chi connectivity index (χ4n) is 1.28. The quantitative estimate of drug-likeness (QED) is 0.698. The monoisotopic (exact) mass is 204 g/mol. The highest BCUT2D eigenvalue weighted by atomic mass is 35.5. The number of hydrogen-bond donors (Lipinski definition) is 1. The van der Waals surface area contributed by atoms with Crippen LogP contribution in [0.5, 0.6) is 0 Å². The van der Waals surface area contributed by atoms with Gasteiger partial charge in [0.2, 0.25) is 0 Å². The smallest absolute Gasteiger partial charge is 0.148 e. The van der Waals surface area contributed by atoms with Crippen LogP contribution in [0, 0.1) is 11.6 Å². The van der Waals surface area contributed by atoms with Crippen molar-refractivity contribution in [1.82, 2.24) is 0 Å². The molecule has 4 heteroatoms. The Morgan fingerprint density at radius 3 is 2.46 bits per heavy atom. The van der Waals surface area contributed by atoms with E-state index in [9.17, 15) is 13.9 Å². The Balaban J connectivity index is 2.56. The Kier molecular flexibility index (Phi) is 1.82. The molecule has 1 nitrogen and oxygen atoms in total. The Morgan fingerprint density at radius 1 is 1.31 bits per heavy atom. The molecule has 1 aliphatic rings. The highest BCUT2D eigenvalue weighted by Crippen LogP contribution is 2.47. The third-order valence-electron chi connectivity index (χ3n) is 2.22. The minimum atomic E-state index is -1.18. The van der Waals surface area contributed by atoms with Crippen molar-refractivity contribution in [2.24, 2.45) is 0 Å². The van der Waals surface area contributed by atoms with Crippen LogP contribution < -0.4 is 0 Å². The summed E-state index contributed by atoms with van der Waals surface area (Å²) in [6.07, 6.45) is 0.924. The molecule has 0 atom stereocenters. The van der Waals surface area contributed by atoms with Crippen LogP contribution in [-0.2, 0) is 5.60 Å². The maximum absolute atomic E-state index is 13.3. The lowest BCUT2D eigenvalue weighted by Crippen LogP contribution is -2.08. The Hall–Kier alpha value is -0.670. The first kappa shape index (κ1) is 8.91. The van der Waals surface area contributed by atoms with Crippen LogP contribution in [0.25, 0.3) is 0 Å². The van der Waals surface area contributed by atoms with Crippen molar-refractivity contribution in [3.05, 3.63) is 34.4 Å². The zero-order valence-electron chi connectivity index (χ0n) is 6.65. The predicted molar refractivity (Wildman–Crippen MR) is 44.5 cm³/mol. The van der Waals surface area contributed by atoms with E-state index in [2.05, 4.69) is 0 Å². The van der Waals surface area contributed by atoms with Gasteiger partial charge in [-0.2, -0.15) is 0 Å². The zero-order valence-corrected chi connectivity index (χ0v) is 7.41. The normalized spacial score (nSPS) is 18.8. The Bertz CT molecular complexity index is 361. The van der Waals surface area contributed by atoms with Gasteiger partial charge < -0.3 is 5.11 Å². The van der Waals surface area contributed by atoms with E-state index in [4.69, 9.17) is 11.6 Å². The van der Waals surface area contributed by atoms with Gasteiger partial charge in [0.1, 0.15) is 11.6 Å². The van der Waals surface area contributed by atoms with Gasteiger partial charge in [-0.15, -0.1) is 0 Å². The van der Waals surface area contributed by atoms with Crippen molar-refractivity contribution in [3.8, 4) is 0 Å². The van der Waals surface area contributed by atoms with Crippen LogP contribution in [0.3, 0.4) is 0 Å². The summed E-state index contributed by atoms with van der Waals surface area (Å²) in [6.45, 7) is 0. The molecule has 2 rings (SSSR count). The van der Waals surface area contributed by atoms with Gasteiger partial charge in [0.05, 0.1) is 10.6 Å². The van der Waals surface area contributed by atoms with Crippen molar-refractivity contribution in [3.63, 3.8) is 0 Å². The number of benzene rings is 1. The molecule has 1 aromatic rings. The van der Waals surface area contributed by atoms with Gasteiger partial charge in [0, 0.05) is 5.56 Å². The SMILES string of the molecule is OC1(c2cc(F)cc(Cl)c2F)CC1. The van der Waals surface area contributed by atoms with Gasteiger partial charge in [-0.1, -0.05) is 11.6 Å². The van der Waals surface area contributed by atoms with E-state index >= 15 is 0 Å². The summed E-state index contributed by atoms with van der Waals surface area (Å²) >= 11 is 5.43. The molecule has 1 aliphatic carbocycles. The largest absolute Gasteiger partial charge is 0.385 e. The molecule has 0 spiro atoms. The lowest BCUT2D eigenvalue weighted by atomic mass is 10.1. The summed E-state index contributed by atoms with van der Waals surface area (Å²) in [4.78, 5) is 0. The number of rotatable bonds is 1. The molecule has 13 heavy (non-hydrogen) atoms. The van der Waals surface area contributed by atoms with Crippen molar-refractivity contribution in [2.75, 3.05) is 0 Å². The molecule has 1 saturated carbocycles. The fraction of sp³-hybridized carbons (Fsp3) is 0.333. The van der Waals surface area contributed by atoms with Gasteiger partial charge in [-0.05, 0) is 25.0 Å². The van der Waals surface area contributed by atoms with Crippen molar-refractivity contribution < 1.29 is 13.9 Å². The number of hydrogen-bond acceptors (Lipinski definition) is 1. The summed E-state index contributed by atoms with van der Waals surface area (Å²) in [6, 6.07) is 1.89. The molecule has 0 aliphatic heterocycles. The first-order valence-corrected chi connectivity index (χ1v) is 4.28. The summed E-state index contributed by atoms with van der Waals surface area (Å²) in [5.74, 6) is -1.34. The van der Waals surface area contributed by atoms with E-state index in [1.54, 1.807) is 0 Å². The second-order valence-electron chi connectivity index (χ2n) is 3.28. The van der Waals surface area contributed by atoms with E-state index in [0.29, 0.717) is 12.8 Å². The zero-order chi connectivity index (χ0) is 9.64. The minimum absolute atomic E-state index is 0.0301. The topological polar surface area (TPSA) is 20.2 Å². The van der Waals surface area contributed by atoms with Gasteiger partial charge in [0.15, 0.2) is 0 Å². The van der Waals surface area contributed by atoms with Crippen LogP contribution >= 0.6 is 11.6 Å². The Labute approximate surface area is 78.9 Å². The predicted octanol–water partition coefficient (Wildman–Crippen LogP) is 2.60. The van der Waals surface area contributed by atoms with E-state index < -0.39 is 17.2 Å². The standard InChI is InChI=1S/C9H7ClF2O/c10-7-4-5(11)3-6(8(7)12)9(13)1-2-9/h3-4,13H,1-2H2. The lowest BCUT2D eigenvalue weighted by molar-refractivity contribution is 0.146. The third kappa shape index (κ3) is 1.42. The van der Waals surface area contributed by atoms with Crippen molar-refractivity contribution in [1.29, 1.82) is 0 Å². The molecule has 70 valence electrons. The molecule has 1 aromatic carbocycles. The number of halogens is 3. The molecule has 1 fully saturated rings. The molecule has 1 N–H and O–H groups in total. The lowest BCUT2D eigenvalue weighted by Gasteiger charge is -2.10. The molecular formula is C9H7ClF2O. The van der Waals surface area contributed by atoms with Crippen LogP contribution in [0.4, 0.5) is 8.78 Å². The van der Waals surface area contributed by atoms with E-state index in [-0.39, 0.29) is 10.6 Å². The highest BCUT2D eigenvalue weighted by Gasteiger charge is 2.44. The van der Waals surface area contributed by atoms with E-state index in [1.165, 1.54) is 0 Å². The molecule has 0 heterocycles. The molecule has 0 radical (unpaired) electrons. The van der Waals surface area contributed by atoms with E-state index in [1.807, 2.05) is 0 Å². The number of aliphatic hydroxyl groups is 1. The van der Waals surface area contributed by atoms with Gasteiger partial charge in [-0.3, -0.25) is 0 Å². The Morgan fingerprint density at radius 2 is 1.92 bits per heavy atom. The fourth-order valence-corrected chi connectivity index (χ4v) is 1.49. The first-order valence-electron chi connectivity index (χ1n) is 3.90. The van der Waals surface area contributed by atoms with Crippen LogP contribution in [0.2, 0.25) is 5.02 Å². The van der Waals surface area contributed by atoms with Gasteiger partial charge in [-0.25, -0.2) is 8.78 Å². The second kappa shape index (κ2) is 2.66. The van der Waals surface area contributed by atoms with Crippen molar-refractivity contribution in [2.45, 2.75) is 18.4 Å². The molecule has 0 unspecified atom stereocenters. The van der Waals surface area contributed by atoms with Crippen LogP contribution in [-0.4, -0.2) is 5.11 Å². The van der Waals surface area contributed by atoms with Gasteiger partial charge in [0.25, 0.3) is 0 Å². The van der Waals surface area contributed by atoms with Crippen LogP contribution in [0.15, 0.2) is 12.1 Å².